The van der Waals surface area contributed by atoms with Crippen molar-refractivity contribution in [2.24, 2.45) is 11.7 Å². The van der Waals surface area contributed by atoms with Crippen LogP contribution in [0.25, 0.3) is 0 Å². The van der Waals surface area contributed by atoms with Crippen LogP contribution >= 0.6 is 24.0 Å². The molecule has 0 saturated heterocycles. The second-order valence-corrected chi connectivity index (χ2v) is 11.8. The van der Waals surface area contributed by atoms with E-state index in [9.17, 15) is 8.42 Å². The fourth-order valence-electron chi connectivity index (χ4n) is 4.64. The van der Waals surface area contributed by atoms with Gasteiger partial charge in [0.15, 0.2) is 0 Å². The summed E-state index contributed by atoms with van der Waals surface area (Å²) >= 11 is 6.43. The van der Waals surface area contributed by atoms with Crippen LogP contribution in [0.15, 0.2) is 42.5 Å². The third-order valence-corrected chi connectivity index (χ3v) is 9.22. The molecule has 0 aromatic heterocycles. The highest BCUT2D eigenvalue weighted by Gasteiger charge is 2.30. The van der Waals surface area contributed by atoms with Gasteiger partial charge < -0.3 is 5.73 Å². The molecular weight excluding hydrogens is 463 g/mol. The molecule has 1 fully saturated rings. The van der Waals surface area contributed by atoms with Crippen LogP contribution in [0.1, 0.15) is 53.9 Å². The fourth-order valence-corrected chi connectivity index (χ4v) is 6.45. The lowest BCUT2D eigenvalue weighted by Crippen LogP contribution is -2.34. The molecule has 2 aromatic carbocycles. The molecule has 2 aromatic rings. The molecule has 0 radical (unpaired) electrons. The Labute approximate surface area is 204 Å². The number of rotatable bonds is 9. The number of halogens is 2. The van der Waals surface area contributed by atoms with E-state index >= 15 is 0 Å². The smallest absolute Gasteiger partial charge is 0.214 e. The van der Waals surface area contributed by atoms with Gasteiger partial charge in [-0.05, 0) is 79.2 Å². The third-order valence-electron chi connectivity index (χ3n) is 6.83. The molecule has 1 saturated carbocycles. The van der Waals surface area contributed by atoms with Crippen molar-refractivity contribution in [2.75, 3.05) is 19.3 Å². The van der Waals surface area contributed by atoms with Crippen LogP contribution in [0.5, 0.6) is 0 Å². The van der Waals surface area contributed by atoms with Crippen LogP contribution < -0.4 is 5.73 Å². The summed E-state index contributed by atoms with van der Waals surface area (Å²) in [5.41, 5.74) is 11.7. The van der Waals surface area contributed by atoms with Crippen molar-refractivity contribution in [3.63, 3.8) is 0 Å². The minimum absolute atomic E-state index is 0. The predicted octanol–water partition coefficient (Wildman–Crippen LogP) is 4.97. The first-order valence-corrected chi connectivity index (χ1v) is 13.4. The molecule has 0 aliphatic heterocycles. The Bertz CT molecular complexity index is 1020. The summed E-state index contributed by atoms with van der Waals surface area (Å²) in [4.78, 5) is 0. The van der Waals surface area contributed by atoms with Crippen molar-refractivity contribution in [1.29, 1.82) is 0 Å². The number of sulfonamides is 1. The Morgan fingerprint density at radius 1 is 1.12 bits per heavy atom. The van der Waals surface area contributed by atoms with Crippen molar-refractivity contribution >= 4 is 34.0 Å². The van der Waals surface area contributed by atoms with Crippen molar-refractivity contribution in [2.45, 2.75) is 56.9 Å². The summed E-state index contributed by atoms with van der Waals surface area (Å²) in [7, 11) is -1.40. The molecule has 2 aliphatic rings. The minimum atomic E-state index is -3.12. The Kier molecular flexibility index (Phi) is 8.67. The zero-order valence-electron chi connectivity index (χ0n) is 18.7. The van der Waals surface area contributed by atoms with Gasteiger partial charge in [-0.15, -0.1) is 12.4 Å². The first-order valence-electron chi connectivity index (χ1n) is 11.4. The maximum Gasteiger partial charge on any atom is 0.214 e. The topological polar surface area (TPSA) is 63.4 Å². The first-order chi connectivity index (χ1) is 14.8. The quantitative estimate of drug-likeness (QED) is 0.532. The van der Waals surface area contributed by atoms with Gasteiger partial charge in [0, 0.05) is 30.6 Å². The summed E-state index contributed by atoms with van der Waals surface area (Å²) in [5, 5.41) is 0.799. The summed E-state index contributed by atoms with van der Waals surface area (Å²) < 4.78 is 26.3. The average molecular weight is 498 g/mol. The number of nitrogens with zero attached hydrogens (tertiary/aromatic N) is 1. The van der Waals surface area contributed by atoms with Gasteiger partial charge in [-0.2, -0.15) is 0 Å². The second-order valence-electron chi connectivity index (χ2n) is 9.28. The zero-order valence-corrected chi connectivity index (χ0v) is 21.1. The Morgan fingerprint density at radius 2 is 1.88 bits per heavy atom. The van der Waals surface area contributed by atoms with Crippen LogP contribution in [-0.2, 0) is 29.3 Å². The SMILES string of the molecule is CN(CCCc1ccc2c(c1)C(Cc1ccccc1Cl)C(N)CC2)S(=O)(=O)CC1CC1.Cl. The summed E-state index contributed by atoms with van der Waals surface area (Å²) in [6.45, 7) is 0.564. The summed E-state index contributed by atoms with van der Waals surface area (Å²) in [6.07, 6.45) is 6.65. The molecule has 0 spiro atoms. The van der Waals surface area contributed by atoms with Gasteiger partial charge in [-0.25, -0.2) is 12.7 Å². The molecule has 4 nitrogen and oxygen atoms in total. The van der Waals surface area contributed by atoms with Gasteiger partial charge in [-0.3, -0.25) is 0 Å². The van der Waals surface area contributed by atoms with Crippen molar-refractivity contribution < 1.29 is 8.42 Å². The number of hydrogen-bond acceptors (Lipinski definition) is 3. The highest BCUT2D eigenvalue weighted by atomic mass is 35.5. The van der Waals surface area contributed by atoms with Crippen molar-refractivity contribution in [1.82, 2.24) is 4.31 Å². The van der Waals surface area contributed by atoms with Gasteiger partial charge in [0.05, 0.1) is 5.75 Å². The summed E-state index contributed by atoms with van der Waals surface area (Å²) in [5.74, 6) is 0.946. The van der Waals surface area contributed by atoms with Crippen LogP contribution in [0.3, 0.4) is 0 Å². The first kappa shape index (κ1) is 25.5. The second kappa shape index (κ2) is 10.9. The fraction of sp³-hybridized carbons (Fsp3) is 0.520. The minimum Gasteiger partial charge on any atom is -0.327 e. The molecule has 2 unspecified atom stereocenters. The standard InChI is InChI=1S/C25H33ClN2O2S.ClH/c1-28(31(29,30)17-19-8-9-19)14-4-5-18-10-11-20-12-13-25(27)23(22(20)15-18)16-21-6-2-3-7-24(21)26;/h2-3,6-7,10-11,15,19,23,25H,4-5,8-9,12-14,16-17,27H2,1H3;1H. The van der Waals surface area contributed by atoms with Gasteiger partial charge in [0.2, 0.25) is 10.0 Å². The van der Waals surface area contributed by atoms with Crippen molar-refractivity contribution in [3.8, 4) is 0 Å². The van der Waals surface area contributed by atoms with E-state index < -0.39 is 10.0 Å². The number of nitrogens with two attached hydrogens (primary N) is 1. The maximum atomic E-state index is 12.4. The number of aryl methyl sites for hydroxylation is 2. The predicted molar refractivity (Wildman–Crippen MR) is 135 cm³/mol. The van der Waals surface area contributed by atoms with Crippen LogP contribution in [0.2, 0.25) is 5.02 Å². The molecule has 0 bridgehead atoms. The van der Waals surface area contributed by atoms with Gasteiger partial charge >= 0.3 is 0 Å². The molecule has 2 aliphatic carbocycles. The highest BCUT2D eigenvalue weighted by Crippen LogP contribution is 2.36. The highest BCUT2D eigenvalue weighted by molar-refractivity contribution is 7.89. The van der Waals surface area contributed by atoms with Gasteiger partial charge in [-0.1, -0.05) is 48.0 Å². The molecule has 32 heavy (non-hydrogen) atoms. The molecular formula is C25H34Cl2N2O2S. The van der Waals surface area contributed by atoms with Crippen LogP contribution in [0, 0.1) is 5.92 Å². The molecule has 4 rings (SSSR count). The molecule has 7 heteroatoms. The molecule has 176 valence electrons. The largest absolute Gasteiger partial charge is 0.327 e. The lowest BCUT2D eigenvalue weighted by molar-refractivity contribution is 0.457. The Hall–Kier alpha value is -1.11. The third kappa shape index (κ3) is 6.27. The number of fused-ring (bicyclic) bond motifs is 1. The van der Waals surface area contributed by atoms with Crippen LogP contribution in [0.4, 0.5) is 0 Å². The van der Waals surface area contributed by atoms with E-state index in [0.29, 0.717) is 18.2 Å². The van der Waals surface area contributed by atoms with E-state index in [0.717, 1.165) is 55.5 Å². The lowest BCUT2D eigenvalue weighted by Gasteiger charge is -2.32. The Morgan fingerprint density at radius 3 is 2.59 bits per heavy atom. The van der Waals surface area contributed by atoms with E-state index in [1.54, 1.807) is 11.4 Å². The van der Waals surface area contributed by atoms with E-state index in [2.05, 4.69) is 24.3 Å². The Balaban J connectivity index is 0.00000289. The van der Waals surface area contributed by atoms with Gasteiger partial charge in [0.1, 0.15) is 0 Å². The van der Waals surface area contributed by atoms with E-state index in [4.69, 9.17) is 17.3 Å². The van der Waals surface area contributed by atoms with Gasteiger partial charge in [0.25, 0.3) is 0 Å². The molecule has 0 amide bonds. The maximum absolute atomic E-state index is 12.4. The average Bonchev–Trinajstić information content (AvgIpc) is 3.55. The monoisotopic (exact) mass is 496 g/mol. The lowest BCUT2D eigenvalue weighted by atomic mass is 9.76. The zero-order chi connectivity index (χ0) is 22.0. The molecule has 0 heterocycles. The number of benzene rings is 2. The van der Waals surface area contributed by atoms with E-state index in [1.165, 1.54) is 16.7 Å². The molecule has 2 atom stereocenters. The summed E-state index contributed by atoms with van der Waals surface area (Å²) in [6, 6.07) is 14.9. The van der Waals surface area contributed by atoms with E-state index in [1.807, 2.05) is 18.2 Å². The normalized spacial score (nSPS) is 20.6. The van der Waals surface area contributed by atoms with Crippen LogP contribution in [-0.4, -0.2) is 38.1 Å². The molecule has 2 N–H and O–H groups in total. The van der Waals surface area contributed by atoms with Crippen molar-refractivity contribution in [3.05, 3.63) is 69.7 Å². The van der Waals surface area contributed by atoms with E-state index in [-0.39, 0.29) is 24.4 Å². The number of hydrogen-bond donors (Lipinski definition) is 1.